The maximum Gasteiger partial charge on any atom is 0.280 e. The van der Waals surface area contributed by atoms with Crippen molar-refractivity contribution < 1.29 is 13.9 Å². The highest BCUT2D eigenvalue weighted by Crippen LogP contribution is 2.18. The Kier molecular flexibility index (Phi) is 5.00. The highest BCUT2D eigenvalue weighted by Gasteiger charge is 2.13. The summed E-state index contributed by atoms with van der Waals surface area (Å²) in [4.78, 5) is 11.8. The van der Waals surface area contributed by atoms with Crippen molar-refractivity contribution in [1.29, 1.82) is 0 Å². The van der Waals surface area contributed by atoms with Gasteiger partial charge < -0.3 is 9.15 Å². The molecule has 0 fully saturated rings. The zero-order valence-corrected chi connectivity index (χ0v) is 12.4. The summed E-state index contributed by atoms with van der Waals surface area (Å²) in [6.07, 6.45) is 0.732. The predicted octanol–water partition coefficient (Wildman–Crippen LogP) is 3.16. The summed E-state index contributed by atoms with van der Waals surface area (Å²) in [5.74, 6) is 1.50. The van der Waals surface area contributed by atoms with Gasteiger partial charge in [-0.15, -0.1) is 0 Å². The Morgan fingerprint density at radius 3 is 2.90 bits per heavy atom. The van der Waals surface area contributed by atoms with Crippen LogP contribution in [0, 0.1) is 6.92 Å². The average molecular weight is 307 g/mol. The van der Waals surface area contributed by atoms with Gasteiger partial charge in [-0.1, -0.05) is 17.7 Å². The molecule has 1 amide bonds. The molecule has 2 rings (SSSR count). The molecule has 0 aliphatic heterocycles. The van der Waals surface area contributed by atoms with Crippen LogP contribution in [0.25, 0.3) is 0 Å². The van der Waals surface area contributed by atoms with Gasteiger partial charge in [0.05, 0.1) is 6.21 Å². The maximum absolute atomic E-state index is 11.8. The zero-order chi connectivity index (χ0) is 15.2. The predicted molar refractivity (Wildman–Crippen MR) is 80.7 cm³/mol. The second-order valence-corrected chi connectivity index (χ2v) is 4.84. The second-order valence-electron chi connectivity index (χ2n) is 4.40. The number of hydrogen-bond acceptors (Lipinski definition) is 4. The lowest BCUT2D eigenvalue weighted by Gasteiger charge is -2.12. The first-order valence-corrected chi connectivity index (χ1v) is 6.74. The standard InChI is InChI=1S/C15H15ClN2O3/c1-10-6-7-14(20-10)9-17-18-15(19)11(2)21-13-5-3-4-12(16)8-13/h3-9,11H,1-2H3,(H,18,19)/b17-9-/t11-/m0/s1. The lowest BCUT2D eigenvalue weighted by atomic mass is 10.3. The van der Waals surface area contributed by atoms with Crippen LogP contribution >= 0.6 is 11.6 Å². The molecule has 21 heavy (non-hydrogen) atoms. The van der Waals surface area contributed by atoms with E-state index in [9.17, 15) is 4.79 Å². The molecule has 6 heteroatoms. The van der Waals surface area contributed by atoms with Crippen LogP contribution in [0.1, 0.15) is 18.4 Å². The monoisotopic (exact) mass is 306 g/mol. The first-order valence-electron chi connectivity index (χ1n) is 6.36. The molecule has 110 valence electrons. The molecule has 0 aliphatic carbocycles. The van der Waals surface area contributed by atoms with Gasteiger partial charge in [-0.2, -0.15) is 5.10 Å². The number of nitrogens with zero attached hydrogens (tertiary/aromatic N) is 1. The van der Waals surface area contributed by atoms with E-state index in [4.69, 9.17) is 20.8 Å². The number of ether oxygens (including phenoxy) is 1. The van der Waals surface area contributed by atoms with Gasteiger partial charge in [-0.3, -0.25) is 4.79 Å². The fourth-order valence-corrected chi connectivity index (χ4v) is 1.75. The number of benzene rings is 1. The summed E-state index contributed by atoms with van der Waals surface area (Å²) >= 11 is 5.85. The molecule has 2 aromatic rings. The molecule has 0 saturated carbocycles. The third-order valence-electron chi connectivity index (χ3n) is 2.61. The molecule has 1 atom stereocenters. The highest BCUT2D eigenvalue weighted by atomic mass is 35.5. The van der Waals surface area contributed by atoms with E-state index < -0.39 is 6.10 Å². The zero-order valence-electron chi connectivity index (χ0n) is 11.7. The largest absolute Gasteiger partial charge is 0.481 e. The van der Waals surface area contributed by atoms with E-state index in [2.05, 4.69) is 10.5 Å². The molecule has 0 saturated heterocycles. The Morgan fingerprint density at radius 2 is 2.24 bits per heavy atom. The highest BCUT2D eigenvalue weighted by molar-refractivity contribution is 6.30. The van der Waals surface area contributed by atoms with Crippen LogP contribution in [-0.4, -0.2) is 18.2 Å². The number of rotatable bonds is 5. The molecule has 5 nitrogen and oxygen atoms in total. The molecule has 1 aromatic carbocycles. The minimum Gasteiger partial charge on any atom is -0.481 e. The lowest BCUT2D eigenvalue weighted by Crippen LogP contribution is -2.33. The average Bonchev–Trinajstić information content (AvgIpc) is 2.84. The Morgan fingerprint density at radius 1 is 1.43 bits per heavy atom. The third kappa shape index (κ3) is 4.65. The van der Waals surface area contributed by atoms with E-state index in [1.54, 1.807) is 37.3 Å². The first kappa shape index (κ1) is 15.1. The minimum atomic E-state index is -0.695. The van der Waals surface area contributed by atoms with Crippen LogP contribution in [-0.2, 0) is 4.79 Å². The van der Waals surface area contributed by atoms with Crippen LogP contribution in [0.2, 0.25) is 5.02 Å². The molecule has 1 heterocycles. The Balaban J connectivity index is 1.86. The number of carbonyl (C=O) groups excluding carboxylic acids is 1. The number of furan rings is 1. The van der Waals surface area contributed by atoms with Gasteiger partial charge in [0.2, 0.25) is 0 Å². The maximum atomic E-state index is 11.8. The third-order valence-corrected chi connectivity index (χ3v) is 2.84. The molecule has 0 unspecified atom stereocenters. The molecule has 1 N–H and O–H groups in total. The normalized spacial score (nSPS) is 12.3. The van der Waals surface area contributed by atoms with Crippen molar-refractivity contribution in [3.8, 4) is 5.75 Å². The fourth-order valence-electron chi connectivity index (χ4n) is 1.57. The van der Waals surface area contributed by atoms with Gasteiger partial charge in [0, 0.05) is 5.02 Å². The van der Waals surface area contributed by atoms with Gasteiger partial charge in [0.1, 0.15) is 17.3 Å². The van der Waals surface area contributed by atoms with Crippen molar-refractivity contribution in [3.05, 3.63) is 52.9 Å². The van der Waals surface area contributed by atoms with Gasteiger partial charge in [0.15, 0.2) is 6.10 Å². The van der Waals surface area contributed by atoms with Gasteiger partial charge in [-0.05, 0) is 44.2 Å². The number of halogens is 1. The fraction of sp³-hybridized carbons (Fsp3) is 0.200. The molecule has 1 aromatic heterocycles. The number of nitrogens with one attached hydrogen (secondary N) is 1. The van der Waals surface area contributed by atoms with Crippen molar-refractivity contribution in [3.63, 3.8) is 0 Å². The van der Waals surface area contributed by atoms with E-state index in [0.29, 0.717) is 16.5 Å². The number of carbonyl (C=O) groups is 1. The summed E-state index contributed by atoms with van der Waals surface area (Å²) in [5, 5.41) is 4.36. The van der Waals surface area contributed by atoms with E-state index in [1.807, 2.05) is 13.0 Å². The van der Waals surface area contributed by atoms with Gasteiger partial charge in [-0.25, -0.2) is 5.43 Å². The molecular formula is C15H15ClN2O3. The SMILES string of the molecule is Cc1ccc(/C=N\NC(=O)[C@H](C)Oc2cccc(Cl)c2)o1. The summed E-state index contributed by atoms with van der Waals surface area (Å²) in [7, 11) is 0. The molecule has 0 radical (unpaired) electrons. The summed E-state index contributed by atoms with van der Waals surface area (Å²) in [6, 6.07) is 10.4. The number of hydrazone groups is 1. The van der Waals surface area contributed by atoms with E-state index >= 15 is 0 Å². The van der Waals surface area contributed by atoms with Crippen LogP contribution in [0.4, 0.5) is 0 Å². The summed E-state index contributed by atoms with van der Waals surface area (Å²) in [6.45, 7) is 3.46. The lowest BCUT2D eigenvalue weighted by molar-refractivity contribution is -0.127. The van der Waals surface area contributed by atoms with Crippen LogP contribution < -0.4 is 10.2 Å². The Labute approximate surface area is 127 Å². The first-order chi connectivity index (χ1) is 10.0. The quantitative estimate of drug-likeness (QED) is 0.681. The topological polar surface area (TPSA) is 63.8 Å². The minimum absolute atomic E-state index is 0.366. The molecule has 0 aliphatic rings. The van der Waals surface area contributed by atoms with E-state index in [0.717, 1.165) is 5.76 Å². The van der Waals surface area contributed by atoms with Crippen molar-refractivity contribution in [2.75, 3.05) is 0 Å². The Bertz CT molecular complexity index is 652. The summed E-state index contributed by atoms with van der Waals surface area (Å²) < 4.78 is 10.8. The van der Waals surface area contributed by atoms with Crippen LogP contribution in [0.15, 0.2) is 45.9 Å². The number of amides is 1. The Hall–Kier alpha value is -2.27. The van der Waals surface area contributed by atoms with Crippen molar-refractivity contribution in [1.82, 2.24) is 5.43 Å². The van der Waals surface area contributed by atoms with Crippen molar-refractivity contribution >= 4 is 23.7 Å². The number of hydrogen-bond donors (Lipinski definition) is 1. The van der Waals surface area contributed by atoms with Crippen LogP contribution in [0.3, 0.4) is 0 Å². The smallest absolute Gasteiger partial charge is 0.280 e. The number of aryl methyl sites for hydroxylation is 1. The van der Waals surface area contributed by atoms with E-state index in [-0.39, 0.29) is 5.91 Å². The second kappa shape index (κ2) is 6.95. The molecular weight excluding hydrogens is 292 g/mol. The van der Waals surface area contributed by atoms with Crippen molar-refractivity contribution in [2.24, 2.45) is 5.10 Å². The van der Waals surface area contributed by atoms with Gasteiger partial charge in [0.25, 0.3) is 5.91 Å². The van der Waals surface area contributed by atoms with E-state index in [1.165, 1.54) is 6.21 Å². The molecule has 0 bridgehead atoms. The summed E-state index contributed by atoms with van der Waals surface area (Å²) in [5.41, 5.74) is 2.39. The van der Waals surface area contributed by atoms with Crippen molar-refractivity contribution in [2.45, 2.75) is 20.0 Å². The van der Waals surface area contributed by atoms with Crippen LogP contribution in [0.5, 0.6) is 5.75 Å². The molecule has 0 spiro atoms. The van der Waals surface area contributed by atoms with Gasteiger partial charge >= 0.3 is 0 Å².